The number of ether oxygens (including phenoxy) is 1. The van der Waals surface area contributed by atoms with Crippen LogP contribution in [0.25, 0.3) is 0 Å². The summed E-state index contributed by atoms with van der Waals surface area (Å²) in [5.74, 6) is -3.10. The van der Waals surface area contributed by atoms with Gasteiger partial charge in [-0.2, -0.15) is 0 Å². The quantitative estimate of drug-likeness (QED) is 0.259. The van der Waals surface area contributed by atoms with Crippen molar-refractivity contribution in [1.29, 1.82) is 0 Å². The average molecular weight is 588 g/mol. The number of carbonyl (C=O) groups excluding carboxylic acids is 1. The number of hydrogen-bond donors (Lipinski definition) is 2. The van der Waals surface area contributed by atoms with Crippen molar-refractivity contribution in [2.75, 3.05) is 11.9 Å². The van der Waals surface area contributed by atoms with Gasteiger partial charge in [-0.3, -0.25) is 4.79 Å². The SMILES string of the molecule is O=C(NOC1CCCCO1)c1cc(Br)c(F)c(F)c1Nc1ccc(I)cc1Cl. The average Bonchev–Trinajstić information content (AvgIpc) is 2.68. The highest BCUT2D eigenvalue weighted by atomic mass is 127. The summed E-state index contributed by atoms with van der Waals surface area (Å²) in [6.45, 7) is 0.537. The Morgan fingerprint density at radius 3 is 2.75 bits per heavy atom. The fraction of sp³-hybridized carbons (Fsp3) is 0.278. The standard InChI is InChI=1S/C18H15BrClF2IN2O3/c19-11-8-10(18(26)25-28-14-3-1-2-6-27-14)17(16(22)15(11)21)24-13-5-4-9(23)7-12(13)20/h4-5,7-8,14,24H,1-3,6H2,(H,25,26). The molecule has 0 spiro atoms. The predicted molar refractivity (Wildman–Crippen MR) is 114 cm³/mol. The van der Waals surface area contributed by atoms with E-state index in [4.69, 9.17) is 21.2 Å². The topological polar surface area (TPSA) is 59.6 Å². The van der Waals surface area contributed by atoms with E-state index < -0.39 is 23.8 Å². The molecule has 1 unspecified atom stereocenters. The molecule has 0 saturated carbocycles. The predicted octanol–water partition coefficient (Wildman–Crippen LogP) is 5.92. The molecule has 0 radical (unpaired) electrons. The molecule has 1 saturated heterocycles. The molecule has 1 amide bonds. The molecule has 1 aliphatic rings. The Kier molecular flexibility index (Phi) is 7.48. The molecule has 150 valence electrons. The first-order chi connectivity index (χ1) is 13.4. The van der Waals surface area contributed by atoms with Crippen molar-refractivity contribution in [3.05, 3.63) is 54.5 Å². The van der Waals surface area contributed by atoms with Crippen molar-refractivity contribution < 1.29 is 23.1 Å². The summed E-state index contributed by atoms with van der Waals surface area (Å²) in [5, 5.41) is 3.00. The number of benzene rings is 2. The number of carbonyl (C=O) groups is 1. The first-order valence-corrected chi connectivity index (χ1v) is 10.6. The van der Waals surface area contributed by atoms with E-state index in [0.717, 1.165) is 16.4 Å². The largest absolute Gasteiger partial charge is 0.351 e. The minimum absolute atomic E-state index is 0.156. The van der Waals surface area contributed by atoms with Gasteiger partial charge in [-0.1, -0.05) is 11.6 Å². The molecule has 28 heavy (non-hydrogen) atoms. The fourth-order valence-corrected chi connectivity index (χ4v) is 3.91. The molecule has 1 atom stereocenters. The van der Waals surface area contributed by atoms with E-state index in [1.54, 1.807) is 18.2 Å². The van der Waals surface area contributed by atoms with Crippen LogP contribution in [0.3, 0.4) is 0 Å². The zero-order valence-corrected chi connectivity index (χ0v) is 18.8. The van der Waals surface area contributed by atoms with Crippen LogP contribution in [-0.4, -0.2) is 18.8 Å². The Labute approximate surface area is 187 Å². The van der Waals surface area contributed by atoms with Gasteiger partial charge >= 0.3 is 0 Å². The summed E-state index contributed by atoms with van der Waals surface area (Å²) in [6.07, 6.45) is 1.89. The summed E-state index contributed by atoms with van der Waals surface area (Å²) in [4.78, 5) is 17.8. The molecule has 1 fully saturated rings. The van der Waals surface area contributed by atoms with Crippen LogP contribution in [0.2, 0.25) is 5.02 Å². The van der Waals surface area contributed by atoms with E-state index in [0.29, 0.717) is 23.7 Å². The first-order valence-electron chi connectivity index (χ1n) is 8.34. The molecular formula is C18H15BrClF2IN2O3. The zero-order valence-electron chi connectivity index (χ0n) is 14.3. The number of rotatable bonds is 5. The number of hydroxylamine groups is 1. The molecule has 0 bridgehead atoms. The summed E-state index contributed by atoms with van der Waals surface area (Å²) < 4.78 is 34.8. The first kappa shape index (κ1) is 21.7. The van der Waals surface area contributed by atoms with Crippen LogP contribution in [0.4, 0.5) is 20.2 Å². The minimum Gasteiger partial charge on any atom is -0.351 e. The Bertz CT molecular complexity index is 898. The van der Waals surface area contributed by atoms with Crippen molar-refractivity contribution >= 4 is 67.4 Å². The molecule has 0 aliphatic carbocycles. The molecule has 10 heteroatoms. The highest BCUT2D eigenvalue weighted by molar-refractivity contribution is 14.1. The Balaban J connectivity index is 1.87. The summed E-state index contributed by atoms with van der Waals surface area (Å²) in [6, 6.07) is 6.17. The van der Waals surface area contributed by atoms with Gasteiger partial charge in [0.1, 0.15) is 0 Å². The third kappa shape index (κ3) is 5.12. The Morgan fingerprint density at radius 1 is 1.29 bits per heavy atom. The van der Waals surface area contributed by atoms with E-state index in [2.05, 4.69) is 49.3 Å². The lowest BCUT2D eigenvalue weighted by atomic mass is 10.1. The van der Waals surface area contributed by atoms with E-state index in [-0.39, 0.29) is 15.7 Å². The lowest BCUT2D eigenvalue weighted by molar-refractivity contribution is -0.186. The van der Waals surface area contributed by atoms with Gasteiger partial charge in [0.25, 0.3) is 5.91 Å². The van der Waals surface area contributed by atoms with Gasteiger partial charge in [0, 0.05) is 16.6 Å². The maximum atomic E-state index is 14.6. The maximum absolute atomic E-state index is 14.6. The van der Waals surface area contributed by atoms with Crippen LogP contribution in [-0.2, 0) is 9.57 Å². The van der Waals surface area contributed by atoms with Gasteiger partial charge in [0.15, 0.2) is 17.9 Å². The van der Waals surface area contributed by atoms with Crippen molar-refractivity contribution in [2.45, 2.75) is 25.6 Å². The highest BCUT2D eigenvalue weighted by Gasteiger charge is 2.24. The van der Waals surface area contributed by atoms with Gasteiger partial charge in [-0.25, -0.2) is 19.1 Å². The number of amides is 1. The molecule has 0 aromatic heterocycles. The van der Waals surface area contributed by atoms with Crippen LogP contribution in [0.1, 0.15) is 29.6 Å². The fourth-order valence-electron chi connectivity index (χ4n) is 2.60. The third-order valence-electron chi connectivity index (χ3n) is 4.02. The maximum Gasteiger partial charge on any atom is 0.277 e. The number of nitrogens with one attached hydrogen (secondary N) is 2. The molecule has 1 aliphatic heterocycles. The van der Waals surface area contributed by atoms with Crippen molar-refractivity contribution in [2.24, 2.45) is 0 Å². The van der Waals surface area contributed by atoms with E-state index >= 15 is 0 Å². The number of halogens is 5. The van der Waals surface area contributed by atoms with Crippen molar-refractivity contribution in [3.8, 4) is 0 Å². The molecule has 5 nitrogen and oxygen atoms in total. The molecule has 2 aromatic carbocycles. The lowest BCUT2D eigenvalue weighted by Gasteiger charge is -2.22. The number of anilines is 2. The summed E-state index contributed by atoms with van der Waals surface area (Å²) >= 11 is 11.2. The Morgan fingerprint density at radius 2 is 2.07 bits per heavy atom. The monoisotopic (exact) mass is 586 g/mol. The van der Waals surface area contributed by atoms with Crippen molar-refractivity contribution in [3.63, 3.8) is 0 Å². The zero-order chi connectivity index (χ0) is 20.3. The molecule has 2 N–H and O–H groups in total. The second-order valence-corrected chi connectivity index (χ2v) is 8.51. The van der Waals surface area contributed by atoms with Crippen LogP contribution < -0.4 is 10.8 Å². The van der Waals surface area contributed by atoms with Crippen LogP contribution in [0, 0.1) is 15.2 Å². The van der Waals surface area contributed by atoms with Crippen LogP contribution >= 0.6 is 50.1 Å². The third-order valence-corrected chi connectivity index (χ3v) is 5.58. The second-order valence-electron chi connectivity index (χ2n) is 6.00. The van der Waals surface area contributed by atoms with E-state index in [9.17, 15) is 13.6 Å². The van der Waals surface area contributed by atoms with Gasteiger partial charge < -0.3 is 10.1 Å². The lowest BCUT2D eigenvalue weighted by Crippen LogP contribution is -2.33. The molecule has 1 heterocycles. The molecule has 3 rings (SSSR count). The normalized spacial score (nSPS) is 16.7. The summed E-state index contributed by atoms with van der Waals surface area (Å²) in [7, 11) is 0. The van der Waals surface area contributed by atoms with E-state index in [1.807, 2.05) is 0 Å². The summed E-state index contributed by atoms with van der Waals surface area (Å²) in [5.41, 5.74) is 2.06. The number of hydrogen-bond acceptors (Lipinski definition) is 4. The van der Waals surface area contributed by atoms with Crippen LogP contribution in [0.15, 0.2) is 28.7 Å². The Hall–Kier alpha value is -1.01. The van der Waals surface area contributed by atoms with Crippen molar-refractivity contribution in [1.82, 2.24) is 5.48 Å². The van der Waals surface area contributed by atoms with Gasteiger partial charge in [0.2, 0.25) is 0 Å². The smallest absolute Gasteiger partial charge is 0.277 e. The van der Waals surface area contributed by atoms with Gasteiger partial charge in [0.05, 0.1) is 26.4 Å². The van der Waals surface area contributed by atoms with Gasteiger partial charge in [-0.05, 0) is 75.6 Å². The highest BCUT2D eigenvalue weighted by Crippen LogP contribution is 2.34. The minimum atomic E-state index is -1.22. The van der Waals surface area contributed by atoms with Gasteiger partial charge in [-0.15, -0.1) is 0 Å². The van der Waals surface area contributed by atoms with E-state index in [1.165, 1.54) is 6.07 Å². The van der Waals surface area contributed by atoms with Crippen LogP contribution in [0.5, 0.6) is 0 Å². The second kappa shape index (κ2) is 9.66. The molecular weight excluding hydrogens is 572 g/mol. The molecule has 2 aromatic rings.